The number of pyridine rings is 2. The largest absolute Gasteiger partial charge is 0.396 e. The SMILES string of the molecule is CCn1nc(C)cc1C(=O)Nc1nc2cc(C(N)=O)cc(C)c2n1C/C=C/CNc1ncc(C(N)=O)cc1N.CCn1nc(C)cc1C(=O)Nc1nc2cc(C(N)=O)cc(C)c2n1C/C=C/Cn1c(N)nc2cc(C(N)=O)cnc21.N#CBr. The third kappa shape index (κ3) is 13.6. The van der Waals surface area contributed by atoms with Crippen molar-refractivity contribution in [2.24, 2.45) is 22.9 Å². The lowest BCUT2D eigenvalue weighted by molar-refractivity contribution is 0.0991. The topological polar surface area (TPSA) is 433 Å². The van der Waals surface area contributed by atoms with Crippen LogP contribution in [0, 0.1) is 37.9 Å². The van der Waals surface area contributed by atoms with E-state index in [1.54, 1.807) is 61.4 Å². The number of nitrogens with zero attached hydrogens (tertiary/aromatic N) is 13. The number of aryl methyl sites for hydroxylation is 6. The molecule has 0 saturated carbocycles. The summed E-state index contributed by atoms with van der Waals surface area (Å²) in [7, 11) is 0. The smallest absolute Gasteiger partial charge is 0.276 e. The third-order valence-corrected chi connectivity index (χ3v) is 12.6. The maximum absolute atomic E-state index is 13.2. The first-order valence-corrected chi connectivity index (χ1v) is 26.2. The normalized spacial score (nSPS) is 11.1. The molecule has 7 heterocycles. The molecular formula is C54H59BrN22O6. The summed E-state index contributed by atoms with van der Waals surface area (Å²) in [5.41, 5.74) is 42.4. The molecular weight excluding hydrogens is 1130 g/mol. The van der Waals surface area contributed by atoms with Crippen molar-refractivity contribution in [1.82, 2.24) is 58.2 Å². The van der Waals surface area contributed by atoms with Gasteiger partial charge in [-0.05, 0) is 101 Å². The number of hydrogen-bond acceptors (Lipinski definition) is 17. The minimum absolute atomic E-state index is 0.224. The number of carbonyl (C=O) groups excluding carboxylic acids is 6. The number of halogens is 1. The van der Waals surface area contributed by atoms with Crippen LogP contribution in [-0.2, 0) is 32.7 Å². The molecule has 28 nitrogen and oxygen atoms in total. The number of anilines is 5. The maximum atomic E-state index is 13.2. The number of carbonyl (C=O) groups is 6. The van der Waals surface area contributed by atoms with Crippen LogP contribution in [0.4, 0.5) is 29.4 Å². The van der Waals surface area contributed by atoms with Crippen LogP contribution in [0.15, 0.2) is 85.2 Å². The van der Waals surface area contributed by atoms with E-state index in [-0.39, 0.29) is 28.9 Å². The van der Waals surface area contributed by atoms with Crippen LogP contribution < -0.4 is 50.4 Å². The quantitative estimate of drug-likeness (QED) is 0.0494. The molecule has 0 radical (unpaired) electrons. The molecule has 29 heteroatoms. The fourth-order valence-corrected chi connectivity index (χ4v) is 8.94. The van der Waals surface area contributed by atoms with Crippen LogP contribution in [0.5, 0.6) is 0 Å². The Kier molecular flexibility index (Phi) is 18.8. The van der Waals surface area contributed by atoms with Crippen molar-refractivity contribution in [3.63, 3.8) is 0 Å². The Balaban J connectivity index is 0.000000228. The Bertz CT molecular complexity index is 4120. The van der Waals surface area contributed by atoms with Crippen LogP contribution in [0.3, 0.4) is 0 Å². The van der Waals surface area contributed by atoms with Gasteiger partial charge in [0.25, 0.3) is 11.8 Å². The molecule has 2 aromatic carbocycles. The molecule has 0 aliphatic rings. The molecule has 0 atom stereocenters. The molecule has 83 heavy (non-hydrogen) atoms. The predicted molar refractivity (Wildman–Crippen MR) is 316 cm³/mol. The number of nitrogens with two attached hydrogens (primary N) is 6. The molecule has 0 bridgehead atoms. The molecule has 0 saturated heterocycles. The number of aromatic nitrogens is 12. The van der Waals surface area contributed by atoms with Gasteiger partial charge in [0, 0.05) is 78.7 Å². The molecule has 6 amide bonds. The molecule has 9 aromatic rings. The number of nitrogens with one attached hydrogen (secondary N) is 3. The zero-order chi connectivity index (χ0) is 60.4. The Morgan fingerprint density at radius 3 is 1.45 bits per heavy atom. The average Bonchev–Trinajstić information content (AvgIpc) is 4.12. The van der Waals surface area contributed by atoms with Crippen molar-refractivity contribution in [2.75, 3.05) is 34.0 Å². The molecule has 0 aliphatic heterocycles. The van der Waals surface area contributed by atoms with Gasteiger partial charge in [-0.2, -0.15) is 15.5 Å². The van der Waals surface area contributed by atoms with Gasteiger partial charge in [0.05, 0.1) is 50.3 Å². The number of amides is 6. The number of nitrogen functional groups attached to an aromatic ring is 2. The highest BCUT2D eigenvalue weighted by Crippen LogP contribution is 2.28. The summed E-state index contributed by atoms with van der Waals surface area (Å²) in [6, 6.07) is 13.0. The Hall–Kier alpha value is -10.8. The number of benzene rings is 2. The van der Waals surface area contributed by atoms with Crippen molar-refractivity contribution in [1.29, 1.82) is 5.26 Å². The Morgan fingerprint density at radius 1 is 0.578 bits per heavy atom. The molecule has 0 unspecified atom stereocenters. The van der Waals surface area contributed by atoms with E-state index in [1.807, 2.05) is 75.0 Å². The van der Waals surface area contributed by atoms with E-state index in [0.717, 1.165) is 33.5 Å². The van der Waals surface area contributed by atoms with E-state index < -0.39 is 23.6 Å². The summed E-state index contributed by atoms with van der Waals surface area (Å²) >= 11 is 2.45. The second-order valence-corrected chi connectivity index (χ2v) is 18.8. The van der Waals surface area contributed by atoms with Gasteiger partial charge < -0.3 is 48.9 Å². The zero-order valence-corrected chi connectivity index (χ0v) is 47.5. The summed E-state index contributed by atoms with van der Waals surface area (Å²) in [5.74, 6) is -1.79. The van der Waals surface area contributed by atoms with Gasteiger partial charge in [-0.1, -0.05) is 24.3 Å². The van der Waals surface area contributed by atoms with Gasteiger partial charge in [-0.15, -0.1) is 0 Å². The Morgan fingerprint density at radius 2 is 1.00 bits per heavy atom. The number of imidazole rings is 3. The lowest BCUT2D eigenvalue weighted by atomic mass is 10.1. The van der Waals surface area contributed by atoms with E-state index in [9.17, 15) is 28.8 Å². The first-order valence-electron chi connectivity index (χ1n) is 25.4. The minimum Gasteiger partial charge on any atom is -0.396 e. The van der Waals surface area contributed by atoms with Crippen molar-refractivity contribution >= 4 is 114 Å². The van der Waals surface area contributed by atoms with Crippen LogP contribution in [0.1, 0.15) is 98.8 Å². The molecule has 0 fully saturated rings. The van der Waals surface area contributed by atoms with Crippen LogP contribution in [0.2, 0.25) is 0 Å². The highest BCUT2D eigenvalue weighted by molar-refractivity contribution is 9.12. The van der Waals surface area contributed by atoms with Gasteiger partial charge in [-0.25, -0.2) is 24.9 Å². The van der Waals surface area contributed by atoms with E-state index in [4.69, 9.17) is 39.7 Å². The summed E-state index contributed by atoms with van der Waals surface area (Å²) in [6.07, 6.45) is 10.3. The monoisotopic (exact) mass is 1190 g/mol. The first kappa shape index (κ1) is 59.9. The molecule has 0 aliphatic carbocycles. The number of nitriles is 1. The van der Waals surface area contributed by atoms with Gasteiger partial charge in [0.2, 0.25) is 41.5 Å². The van der Waals surface area contributed by atoms with E-state index >= 15 is 0 Å². The van der Waals surface area contributed by atoms with Crippen LogP contribution in [0.25, 0.3) is 33.2 Å². The highest BCUT2D eigenvalue weighted by atomic mass is 79.9. The maximum Gasteiger partial charge on any atom is 0.276 e. The van der Waals surface area contributed by atoms with Crippen molar-refractivity contribution < 1.29 is 28.8 Å². The second kappa shape index (κ2) is 26.0. The van der Waals surface area contributed by atoms with Crippen molar-refractivity contribution in [3.8, 4) is 4.98 Å². The van der Waals surface area contributed by atoms with Gasteiger partial charge in [0.15, 0.2) is 5.65 Å². The third-order valence-electron chi connectivity index (χ3n) is 12.6. The van der Waals surface area contributed by atoms with Gasteiger partial charge >= 0.3 is 0 Å². The number of hydrogen-bond donors (Lipinski definition) is 9. The Labute approximate surface area is 481 Å². The molecule has 7 aromatic heterocycles. The molecule has 0 spiro atoms. The van der Waals surface area contributed by atoms with E-state index in [0.29, 0.717) is 107 Å². The van der Waals surface area contributed by atoms with Crippen LogP contribution in [-0.4, -0.2) is 100 Å². The summed E-state index contributed by atoms with van der Waals surface area (Å²) in [6.45, 7) is 13.6. The van der Waals surface area contributed by atoms with Crippen molar-refractivity contribution in [2.45, 2.75) is 74.3 Å². The molecule has 428 valence electrons. The first-order chi connectivity index (χ1) is 39.6. The van der Waals surface area contributed by atoms with Gasteiger partial charge in [0.1, 0.15) is 27.7 Å². The van der Waals surface area contributed by atoms with Crippen molar-refractivity contribution in [3.05, 3.63) is 141 Å². The fourth-order valence-electron chi connectivity index (χ4n) is 8.94. The number of primary amides is 4. The summed E-state index contributed by atoms with van der Waals surface area (Å²) in [4.78, 5) is 96.3. The molecule has 15 N–H and O–H groups in total. The number of allylic oxidation sites excluding steroid dienone is 3. The van der Waals surface area contributed by atoms with E-state index in [1.165, 1.54) is 18.5 Å². The second-order valence-electron chi connectivity index (χ2n) is 18.5. The van der Waals surface area contributed by atoms with Gasteiger partial charge in [-0.3, -0.25) is 53.3 Å². The summed E-state index contributed by atoms with van der Waals surface area (Å²) in [5, 5.41) is 24.8. The minimum atomic E-state index is -0.608. The molecule has 9 rings (SSSR count). The number of fused-ring (bicyclic) bond motifs is 3. The lowest BCUT2D eigenvalue weighted by Gasteiger charge is -2.10. The fraction of sp³-hybridized carbons (Fsp3) is 0.222. The summed E-state index contributed by atoms with van der Waals surface area (Å²) < 4.78 is 8.63. The average molecular weight is 1190 g/mol. The predicted octanol–water partition coefficient (Wildman–Crippen LogP) is 4.73. The highest BCUT2D eigenvalue weighted by Gasteiger charge is 2.22. The van der Waals surface area contributed by atoms with Crippen LogP contribution >= 0.6 is 15.9 Å². The number of rotatable bonds is 19. The lowest BCUT2D eigenvalue weighted by Crippen LogP contribution is -2.20. The standard InChI is InChI=1S/C27H29N11O3.C26H30N10O3.CBrN/c1-4-38-20(10-15(3)35-38)25(41)34-27-33-18-11-16(22(28)39)9-14(2)21(18)36(27)7-5-6-8-37-24-19(32-26(37)30)12-17(13-31-24)23(29)40;1-4-36-20(10-15(3)34-36)25(39)33-26-32-19-12-16(22(28)37)9-14(2)21(19)35(26)8-6-5-7-30-24-18(27)11-17(13-31-24)23(29)38;2-1-3/h5-6,9-13H,4,7-8H2,1-3H3,(H2,28,39)(H2,29,40)(H2,30,32)(H,33,34,41);5-6,9-13H,4,7-8,27H2,1-3H3,(H2,28,37)(H2,29,38)(H,30,31)(H,32,33,39);/b2*6-5+;. The zero-order valence-electron chi connectivity index (χ0n) is 45.9. The van der Waals surface area contributed by atoms with E-state index in [2.05, 4.69) is 67.0 Å².